The molecule has 0 saturated heterocycles. The smallest absolute Gasteiger partial charge is 0.200 e. The summed E-state index contributed by atoms with van der Waals surface area (Å²) in [4.78, 5) is 15.2. The number of nitrogens with one attached hydrogen (secondary N) is 1. The van der Waals surface area contributed by atoms with Gasteiger partial charge in [0.1, 0.15) is 5.76 Å². The molecular weight excluding hydrogens is 408 g/mol. The number of ketones is 1. The monoisotopic (exact) mass is 440 g/mol. The number of rotatable bonds is 5. The zero-order valence-electron chi connectivity index (χ0n) is 20.3. The van der Waals surface area contributed by atoms with Gasteiger partial charge in [0.2, 0.25) is 5.78 Å². The number of aliphatic hydroxyl groups is 1. The second-order valence-corrected chi connectivity index (χ2v) is 9.83. The van der Waals surface area contributed by atoms with Crippen molar-refractivity contribution in [3.8, 4) is 0 Å². The van der Waals surface area contributed by atoms with Gasteiger partial charge in [0.25, 0.3) is 0 Å². The highest BCUT2D eigenvalue weighted by Crippen LogP contribution is 2.48. The average molecular weight is 441 g/mol. The van der Waals surface area contributed by atoms with E-state index in [0.29, 0.717) is 11.1 Å². The molecule has 0 saturated carbocycles. The highest BCUT2D eigenvalue weighted by Gasteiger charge is 2.41. The number of carbonyl (C=O) groups is 1. The molecule has 1 aliphatic carbocycles. The lowest BCUT2D eigenvalue weighted by molar-refractivity contribution is -0.113. The summed E-state index contributed by atoms with van der Waals surface area (Å²) in [5, 5.41) is 14.1. The summed E-state index contributed by atoms with van der Waals surface area (Å²) in [7, 11) is 3.89. The molecule has 0 atom stereocenters. The highest BCUT2D eigenvalue weighted by atomic mass is 16.3. The minimum absolute atomic E-state index is 0.0338. The number of nitrogens with zero attached hydrogens (tertiary/aromatic N) is 1. The number of hydrogen-bond acceptors (Lipinski definition) is 4. The van der Waals surface area contributed by atoms with Gasteiger partial charge in [0.15, 0.2) is 0 Å². The van der Waals surface area contributed by atoms with Gasteiger partial charge in [0.05, 0.1) is 11.1 Å². The minimum Gasteiger partial charge on any atom is -0.506 e. The predicted molar refractivity (Wildman–Crippen MR) is 137 cm³/mol. The Labute approximate surface area is 196 Å². The number of carbonyl (C=O) groups excluding carboxylic acids is 1. The molecule has 0 spiro atoms. The molecule has 2 aromatic rings. The van der Waals surface area contributed by atoms with Gasteiger partial charge in [0, 0.05) is 42.0 Å². The van der Waals surface area contributed by atoms with Crippen LogP contribution in [0, 0.1) is 0 Å². The number of aliphatic hydroxyl groups excluding tert-OH is 1. The molecule has 1 heterocycles. The van der Waals surface area contributed by atoms with E-state index in [1.54, 1.807) is 6.08 Å². The molecule has 4 rings (SSSR count). The molecule has 4 nitrogen and oxygen atoms in total. The summed E-state index contributed by atoms with van der Waals surface area (Å²) in [5.74, 6) is -0.120. The van der Waals surface area contributed by atoms with Gasteiger partial charge < -0.3 is 15.3 Å². The van der Waals surface area contributed by atoms with E-state index < -0.39 is 5.41 Å². The largest absolute Gasteiger partial charge is 0.506 e. The quantitative estimate of drug-likeness (QED) is 0.544. The van der Waals surface area contributed by atoms with E-state index in [9.17, 15) is 9.90 Å². The molecular formula is C29H32N2O2. The molecule has 1 aliphatic heterocycles. The lowest BCUT2D eigenvalue weighted by Crippen LogP contribution is -2.28. The Morgan fingerprint density at radius 3 is 2.39 bits per heavy atom. The third-order valence-electron chi connectivity index (χ3n) is 7.21. The van der Waals surface area contributed by atoms with Crippen molar-refractivity contribution in [2.75, 3.05) is 24.3 Å². The first-order valence-electron chi connectivity index (χ1n) is 11.2. The van der Waals surface area contributed by atoms with E-state index in [4.69, 9.17) is 0 Å². The Balaban J connectivity index is 1.67. The fraction of sp³-hybridized carbons (Fsp3) is 0.276. The lowest BCUT2D eigenvalue weighted by Gasteiger charge is -2.30. The molecule has 170 valence electrons. The van der Waals surface area contributed by atoms with E-state index in [2.05, 4.69) is 62.7 Å². The summed E-state index contributed by atoms with van der Waals surface area (Å²) in [5.41, 5.74) is 6.16. The van der Waals surface area contributed by atoms with Crippen LogP contribution in [0.1, 0.15) is 38.8 Å². The molecule has 2 aliphatic rings. The molecule has 4 heteroatoms. The van der Waals surface area contributed by atoms with Crippen molar-refractivity contribution in [1.29, 1.82) is 0 Å². The number of benzene rings is 2. The van der Waals surface area contributed by atoms with Crippen LogP contribution in [0.25, 0.3) is 0 Å². The maximum Gasteiger partial charge on any atom is 0.200 e. The third-order valence-corrected chi connectivity index (χ3v) is 7.21. The van der Waals surface area contributed by atoms with Crippen molar-refractivity contribution in [2.45, 2.75) is 38.5 Å². The van der Waals surface area contributed by atoms with Gasteiger partial charge in [-0.25, -0.2) is 0 Å². The van der Waals surface area contributed by atoms with Crippen LogP contribution in [0.3, 0.4) is 0 Å². The third kappa shape index (κ3) is 3.41. The molecule has 0 bridgehead atoms. The first kappa shape index (κ1) is 22.7. The van der Waals surface area contributed by atoms with E-state index in [-0.39, 0.29) is 17.0 Å². The Morgan fingerprint density at radius 2 is 1.76 bits per heavy atom. The maximum absolute atomic E-state index is 13.1. The van der Waals surface area contributed by atoms with Crippen molar-refractivity contribution in [1.82, 2.24) is 0 Å². The van der Waals surface area contributed by atoms with E-state index >= 15 is 0 Å². The summed E-state index contributed by atoms with van der Waals surface area (Å²) >= 11 is 0. The van der Waals surface area contributed by atoms with Gasteiger partial charge in [-0.2, -0.15) is 0 Å². The van der Waals surface area contributed by atoms with Gasteiger partial charge >= 0.3 is 0 Å². The van der Waals surface area contributed by atoms with Crippen LogP contribution in [0.4, 0.5) is 11.4 Å². The topological polar surface area (TPSA) is 52.6 Å². The summed E-state index contributed by atoms with van der Waals surface area (Å²) in [6.07, 6.45) is 3.56. The minimum atomic E-state index is -0.420. The van der Waals surface area contributed by atoms with Crippen molar-refractivity contribution in [3.05, 3.63) is 107 Å². The Bertz CT molecular complexity index is 1260. The molecule has 2 aromatic carbocycles. The number of hydrogen-bond donors (Lipinski definition) is 2. The first-order chi connectivity index (χ1) is 15.5. The molecule has 0 aromatic heterocycles. The number of likely N-dealkylation sites (N-methyl/N-ethyl adjacent to an activating group) is 1. The maximum atomic E-state index is 13.1. The highest BCUT2D eigenvalue weighted by molar-refractivity contribution is 6.21. The Hall–Kier alpha value is -3.53. The van der Waals surface area contributed by atoms with Gasteiger partial charge in [-0.3, -0.25) is 4.79 Å². The van der Waals surface area contributed by atoms with Crippen molar-refractivity contribution < 1.29 is 9.90 Å². The van der Waals surface area contributed by atoms with E-state index in [0.717, 1.165) is 28.2 Å². The van der Waals surface area contributed by atoms with Crippen LogP contribution in [0.5, 0.6) is 0 Å². The second-order valence-electron chi connectivity index (χ2n) is 9.83. The Kier molecular flexibility index (Phi) is 5.36. The molecule has 0 unspecified atom stereocenters. The molecule has 0 amide bonds. The van der Waals surface area contributed by atoms with Crippen molar-refractivity contribution >= 4 is 17.2 Å². The lowest BCUT2D eigenvalue weighted by atomic mass is 9.75. The van der Waals surface area contributed by atoms with Crippen LogP contribution in [-0.4, -0.2) is 25.0 Å². The first-order valence-corrected chi connectivity index (χ1v) is 11.2. The molecule has 2 N–H and O–H groups in total. The normalized spacial score (nSPS) is 19.7. The molecule has 0 fully saturated rings. The fourth-order valence-corrected chi connectivity index (χ4v) is 4.88. The number of para-hydroxylation sites is 2. The average Bonchev–Trinajstić information content (AvgIpc) is 3.00. The molecule has 0 radical (unpaired) electrons. The van der Waals surface area contributed by atoms with Crippen LogP contribution in [0.2, 0.25) is 0 Å². The fourth-order valence-electron chi connectivity index (χ4n) is 4.88. The number of anilines is 2. The van der Waals surface area contributed by atoms with Crippen LogP contribution < -0.4 is 10.2 Å². The predicted octanol–water partition coefficient (Wildman–Crippen LogP) is 6.19. The zero-order chi connectivity index (χ0) is 24.1. The molecule has 33 heavy (non-hydrogen) atoms. The van der Waals surface area contributed by atoms with Gasteiger partial charge in [-0.15, -0.1) is 0 Å². The van der Waals surface area contributed by atoms with E-state index in [1.165, 1.54) is 5.56 Å². The summed E-state index contributed by atoms with van der Waals surface area (Å²) in [6, 6.07) is 16.3. The second kappa shape index (κ2) is 7.80. The summed E-state index contributed by atoms with van der Waals surface area (Å²) in [6.45, 7) is 12.7. The zero-order valence-corrected chi connectivity index (χ0v) is 20.3. The SMILES string of the molecule is C=C(/C=C1\C(=O)C(C=C2N(C)c3ccccc3C2(C)C)=C1O)C(C)(C)c1ccccc1NC. The Morgan fingerprint density at radius 1 is 1.12 bits per heavy atom. The van der Waals surface area contributed by atoms with E-state index in [1.807, 2.05) is 50.5 Å². The van der Waals surface area contributed by atoms with Crippen LogP contribution in [0.15, 0.2) is 95.4 Å². The van der Waals surface area contributed by atoms with Crippen molar-refractivity contribution in [2.24, 2.45) is 0 Å². The number of allylic oxidation sites excluding steroid dienone is 6. The number of Topliss-reactive ketones (excluding diaryl/α,β-unsaturated/α-hetero) is 1. The van der Waals surface area contributed by atoms with Gasteiger partial charge in [-0.05, 0) is 41.0 Å². The van der Waals surface area contributed by atoms with Gasteiger partial charge in [-0.1, -0.05) is 70.7 Å². The van der Waals surface area contributed by atoms with Crippen molar-refractivity contribution in [3.63, 3.8) is 0 Å². The van der Waals surface area contributed by atoms with Crippen LogP contribution >= 0.6 is 0 Å². The standard InChI is InChI=1S/C29H32N2O2/c1-18(28(2,3)21-12-8-10-14-23(21)30-6)16-19-26(32)20(27(19)33)17-25-29(4,5)22-13-9-11-15-24(22)31(25)7/h8-17,30,32H,1H2,2-7H3/b19-16-,25-17?. The van der Waals surface area contributed by atoms with Crippen LogP contribution in [-0.2, 0) is 15.6 Å². The number of fused-ring (bicyclic) bond motifs is 1. The summed E-state index contributed by atoms with van der Waals surface area (Å²) < 4.78 is 0.